The minimum atomic E-state index is -1.13. The van der Waals surface area contributed by atoms with Crippen molar-refractivity contribution in [1.82, 2.24) is 0 Å². The molecule has 1 saturated heterocycles. The number of aryl methyl sites for hydroxylation is 2. The molecule has 2 aromatic rings. The minimum absolute atomic E-state index is 0.200. The van der Waals surface area contributed by atoms with E-state index < -0.39 is 18.4 Å². The molecular weight excluding hydrogens is 408 g/mol. The lowest BCUT2D eigenvalue weighted by molar-refractivity contribution is -0.136. The van der Waals surface area contributed by atoms with E-state index in [1.165, 1.54) is 9.80 Å². The Morgan fingerprint density at radius 2 is 1.79 bits per heavy atom. The molecule has 2 aliphatic heterocycles. The van der Waals surface area contributed by atoms with Crippen LogP contribution in [-0.4, -0.2) is 33.8 Å². The molecular formula is C21H16N2O4S2. The zero-order chi connectivity index (χ0) is 20.9. The van der Waals surface area contributed by atoms with Gasteiger partial charge < -0.3 is 5.11 Å². The van der Waals surface area contributed by atoms with Crippen LogP contribution in [0, 0.1) is 13.8 Å². The van der Waals surface area contributed by atoms with Gasteiger partial charge in [0.25, 0.3) is 11.8 Å². The number of carboxylic acid groups (broad SMARTS) is 1. The highest BCUT2D eigenvalue weighted by Crippen LogP contribution is 2.45. The Morgan fingerprint density at radius 1 is 1.07 bits per heavy atom. The third kappa shape index (κ3) is 3.14. The van der Waals surface area contributed by atoms with Crippen LogP contribution in [0.25, 0.3) is 5.57 Å². The zero-order valence-corrected chi connectivity index (χ0v) is 17.3. The van der Waals surface area contributed by atoms with Crippen LogP contribution in [-0.2, 0) is 14.4 Å². The van der Waals surface area contributed by atoms with E-state index in [1.807, 2.05) is 32.0 Å². The van der Waals surface area contributed by atoms with Gasteiger partial charge in [-0.25, -0.2) is 0 Å². The number of benzene rings is 2. The number of hydrogen-bond donors (Lipinski definition) is 1. The highest BCUT2D eigenvalue weighted by Gasteiger charge is 2.43. The molecule has 8 heteroatoms. The molecule has 0 spiro atoms. The molecule has 2 aromatic carbocycles. The topological polar surface area (TPSA) is 77.9 Å². The summed E-state index contributed by atoms with van der Waals surface area (Å²) in [4.78, 5) is 40.4. The van der Waals surface area contributed by atoms with Gasteiger partial charge in [0.1, 0.15) is 6.54 Å². The van der Waals surface area contributed by atoms with E-state index >= 15 is 0 Å². The third-order valence-electron chi connectivity index (χ3n) is 4.81. The summed E-state index contributed by atoms with van der Waals surface area (Å²) in [6.45, 7) is 3.39. The van der Waals surface area contributed by atoms with Crippen molar-refractivity contribution in [2.75, 3.05) is 16.3 Å². The van der Waals surface area contributed by atoms with E-state index in [0.717, 1.165) is 22.9 Å². The Hall–Kier alpha value is -2.97. The van der Waals surface area contributed by atoms with Crippen LogP contribution in [0.1, 0.15) is 16.7 Å². The molecule has 4 rings (SSSR count). The zero-order valence-electron chi connectivity index (χ0n) is 15.6. The van der Waals surface area contributed by atoms with Crippen LogP contribution in [0.15, 0.2) is 47.4 Å². The van der Waals surface area contributed by atoms with Crippen LogP contribution >= 0.6 is 24.0 Å². The first kappa shape index (κ1) is 19.4. The van der Waals surface area contributed by atoms with Crippen molar-refractivity contribution in [3.8, 4) is 0 Å². The number of para-hydroxylation sites is 1. The van der Waals surface area contributed by atoms with Crippen LogP contribution in [0.5, 0.6) is 0 Å². The maximum atomic E-state index is 13.3. The van der Waals surface area contributed by atoms with Crippen LogP contribution in [0.4, 0.5) is 11.4 Å². The molecule has 0 unspecified atom stereocenters. The number of anilines is 2. The fourth-order valence-electron chi connectivity index (χ4n) is 3.57. The van der Waals surface area contributed by atoms with E-state index in [-0.39, 0.29) is 16.4 Å². The van der Waals surface area contributed by atoms with Gasteiger partial charge >= 0.3 is 5.97 Å². The smallest absolute Gasteiger partial charge is 0.323 e. The Labute approximate surface area is 176 Å². The van der Waals surface area contributed by atoms with Crippen molar-refractivity contribution in [3.63, 3.8) is 0 Å². The molecule has 6 nitrogen and oxygen atoms in total. The Bertz CT molecular complexity index is 1140. The number of carbonyl (C=O) groups excluding carboxylic acids is 2. The maximum Gasteiger partial charge on any atom is 0.323 e. The first-order valence-corrected chi connectivity index (χ1v) is 10.0. The normalized spacial score (nSPS) is 18.6. The summed E-state index contributed by atoms with van der Waals surface area (Å²) in [6, 6.07) is 12.6. The van der Waals surface area contributed by atoms with Gasteiger partial charge in [-0.05, 0) is 31.5 Å². The average molecular weight is 425 g/mol. The number of thioether (sulfide) groups is 1. The number of thiocarbonyl (C=S) groups is 1. The summed E-state index contributed by atoms with van der Waals surface area (Å²) < 4.78 is 0.339. The molecule has 2 aliphatic rings. The van der Waals surface area contributed by atoms with Crippen LogP contribution in [0.2, 0.25) is 0 Å². The van der Waals surface area contributed by atoms with E-state index in [9.17, 15) is 19.5 Å². The number of aliphatic carboxylic acids is 1. The Kier molecular flexibility index (Phi) is 4.76. The summed E-state index contributed by atoms with van der Waals surface area (Å²) in [7, 11) is 0. The molecule has 1 fully saturated rings. The van der Waals surface area contributed by atoms with Crippen molar-refractivity contribution in [2.45, 2.75) is 13.8 Å². The number of amides is 2. The number of rotatable bonds is 3. The number of fused-ring (bicyclic) bond motifs is 1. The second kappa shape index (κ2) is 7.13. The molecule has 146 valence electrons. The maximum absolute atomic E-state index is 13.3. The first-order chi connectivity index (χ1) is 13.8. The second-order valence-electron chi connectivity index (χ2n) is 6.80. The summed E-state index contributed by atoms with van der Waals surface area (Å²) >= 11 is 6.52. The predicted molar refractivity (Wildman–Crippen MR) is 117 cm³/mol. The predicted octanol–water partition coefficient (Wildman–Crippen LogP) is 3.51. The number of hydrogen-bond acceptors (Lipinski definition) is 5. The molecule has 0 radical (unpaired) electrons. The first-order valence-electron chi connectivity index (χ1n) is 8.80. The van der Waals surface area contributed by atoms with Gasteiger partial charge in [0.2, 0.25) is 0 Å². The Balaban J connectivity index is 1.84. The van der Waals surface area contributed by atoms with Gasteiger partial charge in [0.05, 0.1) is 21.9 Å². The molecule has 0 aliphatic carbocycles. The van der Waals surface area contributed by atoms with Crippen molar-refractivity contribution < 1.29 is 19.5 Å². The van der Waals surface area contributed by atoms with Gasteiger partial charge in [-0.2, -0.15) is 0 Å². The average Bonchev–Trinajstić information content (AvgIpc) is 3.09. The molecule has 29 heavy (non-hydrogen) atoms. The third-order valence-corrected chi connectivity index (χ3v) is 6.18. The van der Waals surface area contributed by atoms with Gasteiger partial charge in [-0.1, -0.05) is 59.9 Å². The van der Waals surface area contributed by atoms with Crippen molar-refractivity contribution in [3.05, 3.63) is 64.1 Å². The summed E-state index contributed by atoms with van der Waals surface area (Å²) in [5.74, 6) is -2.01. The van der Waals surface area contributed by atoms with Gasteiger partial charge in [-0.15, -0.1) is 0 Å². The summed E-state index contributed by atoms with van der Waals surface area (Å²) in [6.07, 6.45) is 0. The van der Waals surface area contributed by atoms with E-state index in [2.05, 4.69) is 0 Å². The molecule has 0 aromatic heterocycles. The summed E-state index contributed by atoms with van der Waals surface area (Å²) in [5, 5.41) is 9.20. The van der Waals surface area contributed by atoms with Crippen LogP contribution in [0.3, 0.4) is 0 Å². The monoisotopic (exact) mass is 424 g/mol. The Morgan fingerprint density at radius 3 is 2.48 bits per heavy atom. The number of carboxylic acids is 1. The minimum Gasteiger partial charge on any atom is -0.480 e. The summed E-state index contributed by atoms with van der Waals surface area (Å²) in [5.41, 5.74) is 3.87. The van der Waals surface area contributed by atoms with Gasteiger partial charge in [0.15, 0.2) is 4.32 Å². The molecule has 1 N–H and O–H groups in total. The van der Waals surface area contributed by atoms with Crippen LogP contribution < -0.4 is 9.80 Å². The molecule has 0 atom stereocenters. The number of carbonyl (C=O) groups is 3. The second-order valence-corrected chi connectivity index (χ2v) is 8.45. The largest absolute Gasteiger partial charge is 0.480 e. The number of nitrogens with zero attached hydrogens (tertiary/aromatic N) is 2. The molecule has 2 heterocycles. The fraction of sp³-hybridized carbons (Fsp3) is 0.143. The molecule has 0 saturated carbocycles. The van der Waals surface area contributed by atoms with E-state index in [0.29, 0.717) is 21.3 Å². The van der Waals surface area contributed by atoms with Crippen molar-refractivity contribution in [2.24, 2.45) is 0 Å². The van der Waals surface area contributed by atoms with Crippen molar-refractivity contribution in [1.29, 1.82) is 0 Å². The molecule has 0 bridgehead atoms. The van der Waals surface area contributed by atoms with Gasteiger partial charge in [0, 0.05) is 5.56 Å². The lowest BCUT2D eigenvalue weighted by Gasteiger charge is -2.17. The highest BCUT2D eigenvalue weighted by molar-refractivity contribution is 8.27. The van der Waals surface area contributed by atoms with E-state index in [1.54, 1.807) is 24.3 Å². The van der Waals surface area contributed by atoms with Gasteiger partial charge in [-0.3, -0.25) is 24.2 Å². The fourth-order valence-corrected chi connectivity index (χ4v) is 4.93. The quantitative estimate of drug-likeness (QED) is 0.600. The lowest BCUT2D eigenvalue weighted by atomic mass is 10.1. The highest BCUT2D eigenvalue weighted by atomic mass is 32.2. The lowest BCUT2D eigenvalue weighted by Crippen LogP contribution is -2.33. The van der Waals surface area contributed by atoms with Crippen molar-refractivity contribution >= 4 is 63.0 Å². The van der Waals surface area contributed by atoms with E-state index in [4.69, 9.17) is 12.2 Å². The SMILES string of the molecule is Cc1ccc(N2C(=O)C(=C3C(=O)N(CC(=O)O)c4ccccc43)SC2=S)c(C)c1. The standard InChI is InChI=1S/C21H16N2O4S2/c1-11-7-8-14(12(2)9-11)23-20(27)18(29-21(23)28)17-13-5-3-4-6-15(13)22(19(17)26)10-16(24)25/h3-9H,10H2,1-2H3,(H,24,25). The molecule has 2 amide bonds.